The van der Waals surface area contributed by atoms with Crippen molar-refractivity contribution in [1.82, 2.24) is 19.7 Å². The van der Waals surface area contributed by atoms with Gasteiger partial charge < -0.3 is 5.32 Å². The van der Waals surface area contributed by atoms with E-state index in [0.717, 1.165) is 61.9 Å². The second kappa shape index (κ2) is 6.62. The number of nitrogens with zero attached hydrogens (tertiary/aromatic N) is 3. The molecule has 0 bridgehead atoms. The van der Waals surface area contributed by atoms with Gasteiger partial charge in [-0.2, -0.15) is 9.78 Å². The summed E-state index contributed by atoms with van der Waals surface area (Å²) in [5, 5.41) is 7.67. The fraction of sp³-hybridized carbons (Fsp3) is 0.600. The number of carbonyl (C=O) groups excluding carboxylic acids is 1. The van der Waals surface area contributed by atoms with Gasteiger partial charge in [0.2, 0.25) is 11.9 Å². The van der Waals surface area contributed by atoms with E-state index in [1.807, 2.05) is 6.07 Å². The van der Waals surface area contributed by atoms with Crippen molar-refractivity contribution in [2.24, 2.45) is 5.92 Å². The van der Waals surface area contributed by atoms with E-state index in [2.05, 4.69) is 41.2 Å². The molecule has 1 fully saturated rings. The van der Waals surface area contributed by atoms with Crippen molar-refractivity contribution >= 4 is 11.7 Å². The van der Waals surface area contributed by atoms with E-state index < -0.39 is 0 Å². The van der Waals surface area contributed by atoms with Crippen molar-refractivity contribution in [3.8, 4) is 5.95 Å². The van der Waals surface area contributed by atoms with Crippen molar-refractivity contribution in [1.29, 1.82) is 0 Å². The lowest BCUT2D eigenvalue weighted by molar-refractivity contribution is -0.122. The van der Waals surface area contributed by atoms with Crippen LogP contribution >= 0.6 is 0 Å². The van der Waals surface area contributed by atoms with Crippen LogP contribution in [0.4, 0.5) is 5.82 Å². The third kappa shape index (κ3) is 3.42. The number of carbonyl (C=O) groups is 1. The summed E-state index contributed by atoms with van der Waals surface area (Å²) in [6, 6.07) is 1.88. The number of H-pyrrole nitrogens is 1. The van der Waals surface area contributed by atoms with Crippen LogP contribution < -0.4 is 10.9 Å². The highest BCUT2D eigenvalue weighted by atomic mass is 16.2. The molecule has 2 heterocycles. The molecule has 2 aromatic rings. The molecule has 7 nitrogen and oxygen atoms in total. The smallest absolute Gasteiger partial charge is 0.255 e. The van der Waals surface area contributed by atoms with Gasteiger partial charge in [0, 0.05) is 23.0 Å². The second-order valence-corrected chi connectivity index (χ2v) is 8.72. The molecule has 0 aromatic carbocycles. The Morgan fingerprint density at radius 1 is 1.22 bits per heavy atom. The monoisotopic (exact) mass is 369 g/mol. The molecule has 0 unspecified atom stereocenters. The molecule has 27 heavy (non-hydrogen) atoms. The van der Waals surface area contributed by atoms with E-state index >= 15 is 0 Å². The standard InChI is InChI=1S/C20H27N5O2/c1-20(2,3)15-11-16(22-17(26)12-7-6-8-12)25(24-15)19-21-14-10-5-4-9-13(14)18(27)23-19/h11-12H,4-10H2,1-3H3,(H,22,26)(H,21,23,27). The summed E-state index contributed by atoms with van der Waals surface area (Å²) >= 11 is 0. The number of aromatic nitrogens is 4. The molecule has 2 N–H and O–H groups in total. The van der Waals surface area contributed by atoms with E-state index in [1.54, 1.807) is 4.68 Å². The van der Waals surface area contributed by atoms with Gasteiger partial charge in [0.05, 0.1) is 11.4 Å². The highest BCUT2D eigenvalue weighted by molar-refractivity contribution is 5.92. The zero-order valence-electron chi connectivity index (χ0n) is 16.3. The molecule has 4 rings (SSSR count). The van der Waals surface area contributed by atoms with Gasteiger partial charge in [-0.25, -0.2) is 4.98 Å². The van der Waals surface area contributed by atoms with Gasteiger partial charge in [-0.3, -0.25) is 14.6 Å². The van der Waals surface area contributed by atoms with Crippen molar-refractivity contribution in [2.75, 3.05) is 5.32 Å². The molecule has 2 aromatic heterocycles. The molecule has 1 saturated carbocycles. The Morgan fingerprint density at radius 3 is 2.63 bits per heavy atom. The second-order valence-electron chi connectivity index (χ2n) is 8.72. The summed E-state index contributed by atoms with van der Waals surface area (Å²) in [5.74, 6) is 1.03. The number of rotatable bonds is 3. The van der Waals surface area contributed by atoms with Crippen LogP contribution in [0, 0.1) is 5.92 Å². The zero-order chi connectivity index (χ0) is 19.2. The quantitative estimate of drug-likeness (QED) is 0.870. The fourth-order valence-electron chi connectivity index (χ4n) is 3.59. The molecule has 0 saturated heterocycles. The summed E-state index contributed by atoms with van der Waals surface area (Å²) < 4.78 is 1.58. The summed E-state index contributed by atoms with van der Waals surface area (Å²) in [6.07, 6.45) is 6.61. The van der Waals surface area contributed by atoms with E-state index in [4.69, 9.17) is 0 Å². The number of fused-ring (bicyclic) bond motifs is 1. The molecular weight excluding hydrogens is 342 g/mol. The van der Waals surface area contributed by atoms with E-state index in [-0.39, 0.29) is 22.8 Å². The van der Waals surface area contributed by atoms with Crippen LogP contribution in [-0.4, -0.2) is 25.7 Å². The van der Waals surface area contributed by atoms with Gasteiger partial charge in [0.15, 0.2) is 0 Å². The van der Waals surface area contributed by atoms with E-state index in [9.17, 15) is 9.59 Å². The van der Waals surface area contributed by atoms with Gasteiger partial charge in [-0.05, 0) is 38.5 Å². The Bertz CT molecular complexity index is 931. The lowest BCUT2D eigenvalue weighted by Gasteiger charge is -2.24. The summed E-state index contributed by atoms with van der Waals surface area (Å²) in [4.78, 5) is 32.6. The normalized spacial score (nSPS) is 17.3. The first-order valence-electron chi connectivity index (χ1n) is 9.87. The first-order chi connectivity index (χ1) is 12.8. The van der Waals surface area contributed by atoms with Gasteiger partial charge in [0.1, 0.15) is 5.82 Å². The molecule has 0 spiro atoms. The summed E-state index contributed by atoms with van der Waals surface area (Å²) in [6.45, 7) is 6.21. The Morgan fingerprint density at radius 2 is 1.96 bits per heavy atom. The lowest BCUT2D eigenvalue weighted by atomic mass is 9.85. The summed E-state index contributed by atoms with van der Waals surface area (Å²) in [5.41, 5.74) is 2.19. The largest absolute Gasteiger partial charge is 0.310 e. The minimum Gasteiger partial charge on any atom is -0.310 e. The van der Waals surface area contributed by atoms with Crippen molar-refractivity contribution in [3.63, 3.8) is 0 Å². The molecule has 0 aliphatic heterocycles. The molecule has 7 heteroatoms. The molecule has 1 amide bonds. The average Bonchev–Trinajstić information content (AvgIpc) is 2.97. The molecule has 2 aliphatic rings. The number of hydrogen-bond acceptors (Lipinski definition) is 4. The predicted octanol–water partition coefficient (Wildman–Crippen LogP) is 2.87. The number of nitrogens with one attached hydrogen (secondary N) is 2. The average molecular weight is 369 g/mol. The fourth-order valence-corrected chi connectivity index (χ4v) is 3.59. The zero-order valence-corrected chi connectivity index (χ0v) is 16.3. The van der Waals surface area contributed by atoms with Gasteiger partial charge >= 0.3 is 0 Å². The van der Waals surface area contributed by atoms with Crippen molar-refractivity contribution in [3.05, 3.63) is 33.4 Å². The number of hydrogen-bond donors (Lipinski definition) is 2. The van der Waals surface area contributed by atoms with Gasteiger partial charge in [-0.15, -0.1) is 0 Å². The molecule has 0 radical (unpaired) electrons. The van der Waals surface area contributed by atoms with E-state index in [1.165, 1.54) is 0 Å². The highest BCUT2D eigenvalue weighted by Gasteiger charge is 2.28. The third-order valence-corrected chi connectivity index (χ3v) is 5.58. The van der Waals surface area contributed by atoms with Crippen molar-refractivity contribution < 1.29 is 4.79 Å². The molecule has 0 atom stereocenters. The maximum Gasteiger partial charge on any atom is 0.255 e. The number of anilines is 1. The van der Waals surface area contributed by atoms with Crippen LogP contribution in [0.25, 0.3) is 5.95 Å². The number of aromatic amines is 1. The topological polar surface area (TPSA) is 92.7 Å². The van der Waals surface area contributed by atoms with Crippen LogP contribution in [0.3, 0.4) is 0 Å². The number of amides is 1. The minimum atomic E-state index is -0.185. The van der Waals surface area contributed by atoms with Gasteiger partial charge in [-0.1, -0.05) is 27.2 Å². The Hall–Kier alpha value is -2.44. The Balaban J connectivity index is 1.76. The third-order valence-electron chi connectivity index (χ3n) is 5.58. The van der Waals surface area contributed by atoms with Crippen LogP contribution in [0.1, 0.15) is 69.8 Å². The van der Waals surface area contributed by atoms with E-state index in [0.29, 0.717) is 11.8 Å². The molecule has 2 aliphatic carbocycles. The SMILES string of the molecule is CC(C)(C)c1cc(NC(=O)C2CCC2)n(-c2nc3c(c(=O)[nH]2)CCCC3)n1. The van der Waals surface area contributed by atoms with Crippen LogP contribution in [0.5, 0.6) is 0 Å². The maximum atomic E-state index is 12.5. The lowest BCUT2D eigenvalue weighted by Crippen LogP contribution is -2.29. The van der Waals surface area contributed by atoms with Gasteiger partial charge in [0.25, 0.3) is 5.56 Å². The maximum absolute atomic E-state index is 12.5. The highest BCUT2D eigenvalue weighted by Crippen LogP contribution is 2.30. The molecule has 144 valence electrons. The predicted molar refractivity (Wildman–Crippen MR) is 103 cm³/mol. The first kappa shape index (κ1) is 17.9. The molecular formula is C20H27N5O2. The van der Waals surface area contributed by atoms with Crippen LogP contribution in [0.15, 0.2) is 10.9 Å². The number of aryl methyl sites for hydroxylation is 1. The van der Waals surface area contributed by atoms with Crippen LogP contribution in [0.2, 0.25) is 0 Å². The first-order valence-corrected chi connectivity index (χ1v) is 9.87. The minimum absolute atomic E-state index is 0.0168. The van der Waals surface area contributed by atoms with Crippen LogP contribution in [-0.2, 0) is 23.1 Å². The Kier molecular flexibility index (Phi) is 4.40. The summed E-state index contributed by atoms with van der Waals surface area (Å²) in [7, 11) is 0. The van der Waals surface area contributed by atoms with Crippen molar-refractivity contribution in [2.45, 2.75) is 71.1 Å². The Labute approximate surface area is 158 Å².